The summed E-state index contributed by atoms with van der Waals surface area (Å²) in [4.78, 5) is 15.3. The summed E-state index contributed by atoms with van der Waals surface area (Å²) in [5, 5.41) is 2.92. The first-order chi connectivity index (χ1) is 16.8. The van der Waals surface area contributed by atoms with Gasteiger partial charge in [-0.3, -0.25) is 9.10 Å². The molecule has 0 atom stereocenters. The average Bonchev–Trinajstić information content (AvgIpc) is 2.84. The van der Waals surface area contributed by atoms with Gasteiger partial charge in [0.15, 0.2) is 0 Å². The Morgan fingerprint density at radius 2 is 1.37 bits per heavy atom. The number of carbonyl (C=O) groups excluding carboxylic acids is 1. The van der Waals surface area contributed by atoms with Crippen LogP contribution in [0.4, 0.5) is 11.4 Å². The molecule has 4 aromatic rings. The molecule has 0 fully saturated rings. The van der Waals surface area contributed by atoms with Crippen molar-refractivity contribution in [3.05, 3.63) is 114 Å². The molecule has 7 heteroatoms. The molecule has 0 spiro atoms. The molecule has 0 unspecified atom stereocenters. The highest BCUT2D eigenvalue weighted by Gasteiger charge is 2.27. The van der Waals surface area contributed by atoms with E-state index < -0.39 is 15.9 Å². The maximum atomic E-state index is 13.6. The van der Waals surface area contributed by atoms with E-state index in [4.69, 9.17) is 0 Å². The van der Waals surface area contributed by atoms with E-state index in [0.717, 1.165) is 20.9 Å². The van der Waals surface area contributed by atoms with Gasteiger partial charge in [0, 0.05) is 9.79 Å². The van der Waals surface area contributed by atoms with E-state index in [0.29, 0.717) is 11.4 Å². The fraction of sp³-hybridized carbons (Fsp3) is 0.107. The molecule has 0 aliphatic rings. The van der Waals surface area contributed by atoms with Crippen molar-refractivity contribution in [2.75, 3.05) is 16.2 Å². The second-order valence-corrected chi connectivity index (χ2v) is 11.1. The number of carbonyl (C=O) groups is 1. The van der Waals surface area contributed by atoms with Gasteiger partial charge >= 0.3 is 0 Å². The Labute approximate surface area is 210 Å². The van der Waals surface area contributed by atoms with Crippen LogP contribution in [-0.2, 0) is 14.8 Å². The van der Waals surface area contributed by atoms with Crippen molar-refractivity contribution in [1.82, 2.24) is 0 Å². The van der Waals surface area contributed by atoms with Crippen LogP contribution in [0.2, 0.25) is 0 Å². The molecule has 0 radical (unpaired) electrons. The maximum Gasteiger partial charge on any atom is 0.264 e. The van der Waals surface area contributed by atoms with Gasteiger partial charge in [0.25, 0.3) is 10.0 Å². The molecule has 0 aliphatic heterocycles. The van der Waals surface area contributed by atoms with Crippen molar-refractivity contribution >= 4 is 39.1 Å². The fourth-order valence-electron chi connectivity index (χ4n) is 3.72. The number of hydrogen-bond donors (Lipinski definition) is 1. The molecule has 0 aliphatic carbocycles. The minimum atomic E-state index is -3.97. The highest BCUT2D eigenvalue weighted by molar-refractivity contribution is 7.99. The summed E-state index contributed by atoms with van der Waals surface area (Å²) < 4.78 is 28.4. The smallest absolute Gasteiger partial charge is 0.264 e. The summed E-state index contributed by atoms with van der Waals surface area (Å²) in [6.07, 6.45) is 0. The Morgan fingerprint density at radius 1 is 0.800 bits per heavy atom. The zero-order chi connectivity index (χ0) is 24.8. The molecule has 1 amide bonds. The predicted molar refractivity (Wildman–Crippen MR) is 143 cm³/mol. The van der Waals surface area contributed by atoms with Crippen LogP contribution >= 0.6 is 11.8 Å². The second-order valence-electron chi connectivity index (χ2n) is 8.13. The van der Waals surface area contributed by atoms with Crippen molar-refractivity contribution < 1.29 is 13.2 Å². The molecule has 0 bridgehead atoms. The molecule has 35 heavy (non-hydrogen) atoms. The van der Waals surface area contributed by atoms with Crippen molar-refractivity contribution in [3.8, 4) is 0 Å². The van der Waals surface area contributed by atoms with Gasteiger partial charge in [-0.25, -0.2) is 8.42 Å². The highest BCUT2D eigenvalue weighted by atomic mass is 32.2. The zero-order valence-electron chi connectivity index (χ0n) is 19.5. The summed E-state index contributed by atoms with van der Waals surface area (Å²) >= 11 is 1.53. The summed E-state index contributed by atoms with van der Waals surface area (Å²) in [6, 6.07) is 31.0. The number of sulfonamides is 1. The fourth-order valence-corrected chi connectivity index (χ4v) is 6.07. The number of nitrogens with zero attached hydrogens (tertiary/aromatic N) is 1. The minimum Gasteiger partial charge on any atom is -0.323 e. The Hall–Kier alpha value is -3.55. The van der Waals surface area contributed by atoms with Crippen LogP contribution < -0.4 is 9.62 Å². The number of benzene rings is 4. The van der Waals surface area contributed by atoms with Crippen molar-refractivity contribution in [3.63, 3.8) is 0 Å². The number of hydrogen-bond acceptors (Lipinski definition) is 4. The molecule has 4 aromatic carbocycles. The van der Waals surface area contributed by atoms with Crippen LogP contribution in [0.3, 0.4) is 0 Å². The molecule has 0 aromatic heterocycles. The lowest BCUT2D eigenvalue weighted by Gasteiger charge is -2.25. The molecule has 0 saturated heterocycles. The third-order valence-corrected chi connectivity index (χ3v) is 8.12. The Bertz CT molecular complexity index is 1400. The monoisotopic (exact) mass is 502 g/mol. The van der Waals surface area contributed by atoms with Crippen LogP contribution in [0.5, 0.6) is 0 Å². The van der Waals surface area contributed by atoms with Crippen molar-refractivity contribution in [2.24, 2.45) is 0 Å². The summed E-state index contributed by atoms with van der Waals surface area (Å²) in [5.41, 5.74) is 2.91. The van der Waals surface area contributed by atoms with Gasteiger partial charge in [-0.15, -0.1) is 0 Å². The lowest BCUT2D eigenvalue weighted by Crippen LogP contribution is -2.38. The molecular formula is C28H26N2O3S2. The normalized spacial score (nSPS) is 11.1. The number of para-hydroxylation sites is 1. The van der Waals surface area contributed by atoms with Crippen LogP contribution in [0.25, 0.3) is 0 Å². The summed E-state index contributed by atoms with van der Waals surface area (Å²) in [5.74, 6) is -0.426. The predicted octanol–water partition coefficient (Wildman–Crippen LogP) is 6.29. The number of aryl methyl sites for hydroxylation is 2. The topological polar surface area (TPSA) is 66.5 Å². The van der Waals surface area contributed by atoms with Gasteiger partial charge < -0.3 is 5.32 Å². The van der Waals surface area contributed by atoms with Crippen LogP contribution in [0, 0.1) is 13.8 Å². The van der Waals surface area contributed by atoms with E-state index in [1.807, 2.05) is 74.5 Å². The SMILES string of the molecule is Cc1cc(C)cc(N(CC(=O)Nc2ccccc2Sc2ccccc2)S(=O)(=O)c2ccccc2)c1. The van der Waals surface area contributed by atoms with Crippen molar-refractivity contribution in [1.29, 1.82) is 0 Å². The third-order valence-electron chi connectivity index (χ3n) is 5.25. The van der Waals surface area contributed by atoms with Crippen molar-refractivity contribution in [2.45, 2.75) is 28.5 Å². The van der Waals surface area contributed by atoms with Crippen LogP contribution in [0.1, 0.15) is 11.1 Å². The van der Waals surface area contributed by atoms with E-state index in [1.165, 1.54) is 28.2 Å². The maximum absolute atomic E-state index is 13.6. The third kappa shape index (κ3) is 6.12. The largest absolute Gasteiger partial charge is 0.323 e. The quantitative estimate of drug-likeness (QED) is 0.308. The zero-order valence-corrected chi connectivity index (χ0v) is 21.1. The van der Waals surface area contributed by atoms with Gasteiger partial charge in [-0.05, 0) is 73.5 Å². The number of nitrogens with one attached hydrogen (secondary N) is 1. The lowest BCUT2D eigenvalue weighted by molar-refractivity contribution is -0.114. The first-order valence-corrected chi connectivity index (χ1v) is 13.4. The Morgan fingerprint density at radius 3 is 2.03 bits per heavy atom. The van der Waals surface area contributed by atoms with Gasteiger partial charge in [0.05, 0.1) is 16.3 Å². The average molecular weight is 503 g/mol. The minimum absolute atomic E-state index is 0.131. The molecule has 178 valence electrons. The first-order valence-electron chi connectivity index (χ1n) is 11.1. The van der Waals surface area contributed by atoms with Crippen LogP contribution in [-0.4, -0.2) is 20.9 Å². The molecule has 1 N–H and O–H groups in total. The van der Waals surface area contributed by atoms with Gasteiger partial charge in [0.1, 0.15) is 6.54 Å². The molecule has 0 heterocycles. The molecule has 0 saturated carbocycles. The standard InChI is InChI=1S/C28H26N2O3S2/c1-21-17-22(2)19-23(18-21)30(35(32,33)25-13-7-4-8-14-25)20-28(31)29-26-15-9-10-16-27(26)34-24-11-5-3-6-12-24/h3-19H,20H2,1-2H3,(H,29,31). The van der Waals surface area contributed by atoms with Crippen LogP contribution in [0.15, 0.2) is 118 Å². The molecular weight excluding hydrogens is 476 g/mol. The summed E-state index contributed by atoms with van der Waals surface area (Å²) in [6.45, 7) is 3.45. The van der Waals surface area contributed by atoms with E-state index >= 15 is 0 Å². The van der Waals surface area contributed by atoms with E-state index in [9.17, 15) is 13.2 Å². The van der Waals surface area contributed by atoms with Gasteiger partial charge in [-0.1, -0.05) is 66.4 Å². The van der Waals surface area contributed by atoms with E-state index in [2.05, 4.69) is 5.32 Å². The van der Waals surface area contributed by atoms with E-state index in [1.54, 1.807) is 30.3 Å². The Kier molecular flexibility index (Phi) is 7.58. The molecule has 5 nitrogen and oxygen atoms in total. The number of amides is 1. The van der Waals surface area contributed by atoms with E-state index in [-0.39, 0.29) is 11.4 Å². The molecule has 4 rings (SSSR count). The first kappa shape index (κ1) is 24.6. The highest BCUT2D eigenvalue weighted by Crippen LogP contribution is 2.33. The number of anilines is 2. The number of rotatable bonds is 8. The Balaban J connectivity index is 1.64. The van der Waals surface area contributed by atoms with Gasteiger partial charge in [0.2, 0.25) is 5.91 Å². The summed E-state index contributed by atoms with van der Waals surface area (Å²) in [7, 11) is -3.97. The second kappa shape index (κ2) is 10.8. The van der Waals surface area contributed by atoms with Gasteiger partial charge in [-0.2, -0.15) is 0 Å². The lowest BCUT2D eigenvalue weighted by atomic mass is 10.1.